The van der Waals surface area contributed by atoms with Gasteiger partial charge in [-0.15, -0.1) is 0 Å². The number of rotatable bonds is 8. The number of ether oxygens (including phenoxy) is 3. The van der Waals surface area contributed by atoms with Gasteiger partial charge in [0.1, 0.15) is 17.0 Å². The summed E-state index contributed by atoms with van der Waals surface area (Å²) in [6.45, 7) is 0.0569. The van der Waals surface area contributed by atoms with Gasteiger partial charge in [0, 0.05) is 11.1 Å². The number of carbonyl (C=O) groups excluding carboxylic acids is 2. The molecule has 0 aliphatic carbocycles. The summed E-state index contributed by atoms with van der Waals surface area (Å²) < 4.78 is 18.0. The molecule has 0 aliphatic rings. The van der Waals surface area contributed by atoms with E-state index in [-0.39, 0.29) is 28.5 Å². The molecule has 13 heteroatoms. The fourth-order valence-electron chi connectivity index (χ4n) is 3.77. The van der Waals surface area contributed by atoms with Gasteiger partial charge in [0.15, 0.2) is 10.7 Å². The van der Waals surface area contributed by atoms with Gasteiger partial charge in [-0.1, -0.05) is 29.8 Å². The molecule has 0 N–H and O–H groups in total. The van der Waals surface area contributed by atoms with Crippen molar-refractivity contribution in [1.82, 2.24) is 19.6 Å². The molecule has 0 amide bonds. The first-order valence-electron chi connectivity index (χ1n) is 10.7. The van der Waals surface area contributed by atoms with Crippen LogP contribution in [0.2, 0.25) is 5.02 Å². The lowest BCUT2D eigenvalue weighted by Crippen LogP contribution is -2.15. The first-order valence-corrected chi connectivity index (χ1v) is 11.1. The van der Waals surface area contributed by atoms with Gasteiger partial charge in [0.2, 0.25) is 0 Å². The van der Waals surface area contributed by atoms with Gasteiger partial charge in [0.25, 0.3) is 0 Å². The predicted octanol–water partition coefficient (Wildman–Crippen LogP) is 3.93. The number of nitro groups is 1. The molecule has 0 saturated heterocycles. The highest BCUT2D eigenvalue weighted by molar-refractivity contribution is 6.32. The number of benzene rings is 2. The molecular weight excluding hydrogens is 506 g/mol. The van der Waals surface area contributed by atoms with Crippen LogP contribution in [0.1, 0.15) is 26.4 Å². The van der Waals surface area contributed by atoms with E-state index in [4.69, 9.17) is 25.8 Å². The van der Waals surface area contributed by atoms with Crippen LogP contribution >= 0.6 is 11.6 Å². The second-order valence-electron chi connectivity index (χ2n) is 7.58. The summed E-state index contributed by atoms with van der Waals surface area (Å²) in [5, 5.41) is 19.5. The standard InChI is InChI=1S/C24H20ClN5O7/c1-35-18-10-9-14(11-15(18)12-28-13-17(25)22(27-28)30(33)34)20-19(23(31)36-2)21(24(32)37-3)29(26-20)16-7-5-4-6-8-16/h4-11,13H,12H2,1-3H3. The number of para-hydroxylation sites is 1. The van der Waals surface area contributed by atoms with Gasteiger partial charge >= 0.3 is 17.8 Å². The summed E-state index contributed by atoms with van der Waals surface area (Å²) in [5.41, 5.74) is 1.48. The topological polar surface area (TPSA) is 141 Å². The van der Waals surface area contributed by atoms with E-state index in [9.17, 15) is 19.7 Å². The third-order valence-corrected chi connectivity index (χ3v) is 5.68. The number of esters is 2. The minimum absolute atomic E-state index is 0.0569. The predicted molar refractivity (Wildman–Crippen MR) is 131 cm³/mol. The maximum absolute atomic E-state index is 12.9. The molecule has 0 saturated carbocycles. The fraction of sp³-hybridized carbons (Fsp3) is 0.167. The van der Waals surface area contributed by atoms with Crippen LogP contribution in [0.4, 0.5) is 5.82 Å². The van der Waals surface area contributed by atoms with E-state index in [1.54, 1.807) is 48.5 Å². The van der Waals surface area contributed by atoms with E-state index in [0.29, 0.717) is 22.6 Å². The maximum Gasteiger partial charge on any atom is 0.408 e. The highest BCUT2D eigenvalue weighted by atomic mass is 35.5. The van der Waals surface area contributed by atoms with E-state index in [0.717, 1.165) is 0 Å². The van der Waals surface area contributed by atoms with Gasteiger partial charge in [-0.25, -0.2) is 14.3 Å². The van der Waals surface area contributed by atoms with Gasteiger partial charge in [-0.2, -0.15) is 9.78 Å². The first-order chi connectivity index (χ1) is 17.8. The highest BCUT2D eigenvalue weighted by Crippen LogP contribution is 2.33. The summed E-state index contributed by atoms with van der Waals surface area (Å²) in [4.78, 5) is 36.2. The summed E-state index contributed by atoms with van der Waals surface area (Å²) in [6.07, 6.45) is 1.32. The number of carbonyl (C=O) groups is 2. The summed E-state index contributed by atoms with van der Waals surface area (Å²) >= 11 is 5.94. The zero-order chi connectivity index (χ0) is 26.7. The average Bonchev–Trinajstić information content (AvgIpc) is 3.49. The molecule has 4 aromatic rings. The van der Waals surface area contributed by atoms with E-state index in [1.807, 2.05) is 0 Å². The molecule has 12 nitrogen and oxygen atoms in total. The number of methoxy groups -OCH3 is 3. The van der Waals surface area contributed by atoms with Crippen molar-refractivity contribution >= 4 is 29.4 Å². The molecule has 2 aromatic heterocycles. The van der Waals surface area contributed by atoms with Crippen LogP contribution in [0.3, 0.4) is 0 Å². The molecular formula is C24H20ClN5O7. The molecule has 0 unspecified atom stereocenters. The van der Waals surface area contributed by atoms with Gasteiger partial charge in [-0.3, -0.25) is 0 Å². The lowest BCUT2D eigenvalue weighted by molar-refractivity contribution is -0.389. The molecule has 190 valence electrons. The van der Waals surface area contributed by atoms with Crippen LogP contribution in [0, 0.1) is 10.1 Å². The van der Waals surface area contributed by atoms with E-state index in [1.165, 1.54) is 36.9 Å². The molecule has 0 bridgehead atoms. The van der Waals surface area contributed by atoms with Gasteiger partial charge in [-0.05, 0) is 35.3 Å². The summed E-state index contributed by atoms with van der Waals surface area (Å²) in [6, 6.07) is 13.7. The molecule has 2 heterocycles. The van der Waals surface area contributed by atoms with Gasteiger partial charge < -0.3 is 24.3 Å². The van der Waals surface area contributed by atoms with Crippen LogP contribution in [-0.2, 0) is 16.0 Å². The van der Waals surface area contributed by atoms with E-state index in [2.05, 4.69) is 10.2 Å². The quantitative estimate of drug-likeness (QED) is 0.190. The molecule has 37 heavy (non-hydrogen) atoms. The van der Waals surface area contributed by atoms with Crippen LogP contribution in [0.15, 0.2) is 54.7 Å². The third-order valence-electron chi connectivity index (χ3n) is 5.41. The number of aromatic nitrogens is 4. The SMILES string of the molecule is COC(=O)c1c(-c2ccc(OC)c(Cn3cc(Cl)c([N+](=O)[O-])n3)c2)nn(-c2ccccc2)c1C(=O)OC. The van der Waals surface area contributed by atoms with Crippen molar-refractivity contribution in [2.75, 3.05) is 21.3 Å². The molecule has 0 fully saturated rings. The Kier molecular flexibility index (Phi) is 7.20. The smallest absolute Gasteiger partial charge is 0.408 e. The molecule has 0 aliphatic heterocycles. The number of hydrogen-bond donors (Lipinski definition) is 0. The van der Waals surface area contributed by atoms with Crippen molar-refractivity contribution in [2.45, 2.75) is 6.54 Å². The molecule has 0 atom stereocenters. The van der Waals surface area contributed by atoms with Gasteiger partial charge in [0.05, 0.1) is 44.9 Å². The Hall–Kier alpha value is -4.71. The lowest BCUT2D eigenvalue weighted by atomic mass is 10.0. The Morgan fingerprint density at radius 3 is 2.32 bits per heavy atom. The van der Waals surface area contributed by atoms with Crippen LogP contribution < -0.4 is 4.74 Å². The van der Waals surface area contributed by atoms with Crippen molar-refractivity contribution < 1.29 is 28.7 Å². The Balaban J connectivity index is 1.90. The Labute approximate surface area is 215 Å². The van der Waals surface area contributed by atoms with Crippen molar-refractivity contribution in [3.05, 3.63) is 86.7 Å². The largest absolute Gasteiger partial charge is 0.496 e. The van der Waals surface area contributed by atoms with Crippen molar-refractivity contribution in [2.24, 2.45) is 0 Å². The normalized spacial score (nSPS) is 10.7. The lowest BCUT2D eigenvalue weighted by Gasteiger charge is -2.10. The second kappa shape index (κ2) is 10.5. The Morgan fingerprint density at radius 1 is 1.03 bits per heavy atom. The number of nitrogens with zero attached hydrogens (tertiary/aromatic N) is 5. The molecule has 0 radical (unpaired) electrons. The zero-order valence-corrected chi connectivity index (χ0v) is 20.6. The van der Waals surface area contributed by atoms with Crippen molar-refractivity contribution in [3.8, 4) is 22.7 Å². The Morgan fingerprint density at radius 2 is 1.73 bits per heavy atom. The Bertz CT molecular complexity index is 1500. The summed E-state index contributed by atoms with van der Waals surface area (Å²) in [5.74, 6) is -1.60. The average molecular weight is 526 g/mol. The van der Waals surface area contributed by atoms with E-state index < -0.39 is 22.7 Å². The third kappa shape index (κ3) is 4.86. The van der Waals surface area contributed by atoms with Crippen LogP contribution in [-0.4, -0.2) is 57.8 Å². The maximum atomic E-state index is 12.9. The molecule has 2 aromatic carbocycles. The second-order valence-corrected chi connectivity index (χ2v) is 7.99. The van der Waals surface area contributed by atoms with Crippen LogP contribution in [0.5, 0.6) is 5.75 Å². The molecule has 0 spiro atoms. The fourth-order valence-corrected chi connectivity index (χ4v) is 3.99. The minimum atomic E-state index is -0.788. The van der Waals surface area contributed by atoms with Crippen LogP contribution in [0.25, 0.3) is 16.9 Å². The minimum Gasteiger partial charge on any atom is -0.496 e. The number of halogens is 1. The van der Waals surface area contributed by atoms with E-state index >= 15 is 0 Å². The first kappa shape index (κ1) is 25.4. The highest BCUT2D eigenvalue weighted by Gasteiger charge is 2.31. The monoisotopic (exact) mass is 525 g/mol. The van der Waals surface area contributed by atoms with Crippen molar-refractivity contribution in [1.29, 1.82) is 0 Å². The zero-order valence-electron chi connectivity index (χ0n) is 19.9. The molecule has 4 rings (SSSR count). The van der Waals surface area contributed by atoms with Crippen molar-refractivity contribution in [3.63, 3.8) is 0 Å². The summed E-state index contributed by atoms with van der Waals surface area (Å²) in [7, 11) is 3.86. The number of hydrogen-bond acceptors (Lipinski definition) is 9.